The van der Waals surface area contributed by atoms with Gasteiger partial charge in [0.25, 0.3) is 0 Å². The van der Waals surface area contributed by atoms with Crippen LogP contribution >= 0.6 is 23.4 Å². The molecule has 0 bridgehead atoms. The second-order valence-corrected chi connectivity index (χ2v) is 8.32. The molecular formula is C24H21ClN4O2S. The summed E-state index contributed by atoms with van der Waals surface area (Å²) in [5.74, 6) is 1.86. The van der Waals surface area contributed by atoms with Gasteiger partial charge >= 0.3 is 0 Å². The van der Waals surface area contributed by atoms with E-state index in [0.717, 1.165) is 11.4 Å². The van der Waals surface area contributed by atoms with Gasteiger partial charge in [0, 0.05) is 0 Å². The van der Waals surface area contributed by atoms with Gasteiger partial charge in [-0.25, -0.2) is 0 Å². The van der Waals surface area contributed by atoms with Crippen LogP contribution in [-0.4, -0.2) is 26.4 Å². The molecule has 32 heavy (non-hydrogen) atoms. The Labute approximate surface area is 195 Å². The van der Waals surface area contributed by atoms with Gasteiger partial charge in [-0.1, -0.05) is 78.0 Å². The number of benzene rings is 3. The Morgan fingerprint density at radius 1 is 0.969 bits per heavy atom. The van der Waals surface area contributed by atoms with Gasteiger partial charge in [-0.05, 0) is 36.8 Å². The van der Waals surface area contributed by atoms with E-state index in [0.29, 0.717) is 33.9 Å². The van der Waals surface area contributed by atoms with Crippen molar-refractivity contribution < 1.29 is 9.53 Å². The number of ether oxygens (including phenoxy) is 1. The first-order valence-electron chi connectivity index (χ1n) is 9.98. The fourth-order valence-corrected chi connectivity index (χ4v) is 4.00. The smallest absolute Gasteiger partial charge is 0.234 e. The molecule has 0 atom stereocenters. The number of carbonyl (C=O) groups is 1. The first-order valence-corrected chi connectivity index (χ1v) is 11.3. The molecule has 0 unspecified atom stereocenters. The van der Waals surface area contributed by atoms with E-state index in [4.69, 9.17) is 16.3 Å². The average Bonchev–Trinajstić information content (AvgIpc) is 3.15. The van der Waals surface area contributed by atoms with E-state index in [9.17, 15) is 4.79 Å². The molecule has 1 aromatic heterocycles. The lowest BCUT2D eigenvalue weighted by Crippen LogP contribution is -2.15. The molecule has 0 saturated carbocycles. The van der Waals surface area contributed by atoms with Gasteiger partial charge in [0.2, 0.25) is 5.91 Å². The van der Waals surface area contributed by atoms with Crippen LogP contribution in [0.15, 0.2) is 84.0 Å². The van der Waals surface area contributed by atoms with E-state index in [1.165, 1.54) is 11.8 Å². The average molecular weight is 465 g/mol. The van der Waals surface area contributed by atoms with Crippen LogP contribution in [0, 0.1) is 6.92 Å². The fourth-order valence-electron chi connectivity index (χ4n) is 3.04. The number of aromatic nitrogens is 3. The second kappa shape index (κ2) is 10.3. The van der Waals surface area contributed by atoms with Crippen LogP contribution in [0.4, 0.5) is 5.69 Å². The number of para-hydroxylation sites is 3. The number of halogens is 1. The highest BCUT2D eigenvalue weighted by Crippen LogP contribution is 2.33. The maximum absolute atomic E-state index is 12.7. The molecule has 0 spiro atoms. The van der Waals surface area contributed by atoms with Crippen molar-refractivity contribution in [3.05, 3.63) is 95.3 Å². The largest absolute Gasteiger partial charge is 0.454 e. The standard InChI is InChI=1S/C24H21ClN4O2S/c1-17-27-28-24(29(17)15-18-9-3-2-4-10-18)32-16-23(30)26-20-12-6-8-14-22(20)31-21-13-7-5-11-19(21)25/h2-14H,15-16H2,1H3,(H,26,30). The molecule has 8 heteroatoms. The van der Waals surface area contributed by atoms with E-state index in [-0.39, 0.29) is 11.7 Å². The Hall–Kier alpha value is -3.29. The van der Waals surface area contributed by atoms with E-state index in [1.807, 2.05) is 54.0 Å². The third-order valence-corrected chi connectivity index (χ3v) is 5.91. The molecule has 0 aliphatic rings. The maximum Gasteiger partial charge on any atom is 0.234 e. The predicted octanol–water partition coefficient (Wildman–Crippen LogP) is 5.81. The van der Waals surface area contributed by atoms with Gasteiger partial charge in [0.1, 0.15) is 11.6 Å². The Kier molecular flexibility index (Phi) is 7.09. The summed E-state index contributed by atoms with van der Waals surface area (Å²) >= 11 is 7.54. The molecule has 1 heterocycles. The number of anilines is 1. The summed E-state index contributed by atoms with van der Waals surface area (Å²) in [4.78, 5) is 12.7. The predicted molar refractivity (Wildman–Crippen MR) is 128 cm³/mol. The van der Waals surface area contributed by atoms with E-state index < -0.39 is 0 Å². The van der Waals surface area contributed by atoms with Gasteiger partial charge in [-0.15, -0.1) is 10.2 Å². The van der Waals surface area contributed by atoms with Crippen LogP contribution in [0.2, 0.25) is 5.02 Å². The Morgan fingerprint density at radius 3 is 2.44 bits per heavy atom. The molecule has 1 N–H and O–H groups in total. The molecule has 4 aromatic rings. The third-order valence-electron chi connectivity index (χ3n) is 4.64. The summed E-state index contributed by atoms with van der Waals surface area (Å²) in [6.45, 7) is 2.56. The molecule has 1 amide bonds. The normalized spacial score (nSPS) is 10.7. The monoisotopic (exact) mass is 464 g/mol. The van der Waals surface area contributed by atoms with Gasteiger partial charge in [0.15, 0.2) is 10.9 Å². The summed E-state index contributed by atoms with van der Waals surface area (Å²) in [6.07, 6.45) is 0. The molecular weight excluding hydrogens is 444 g/mol. The highest BCUT2D eigenvalue weighted by Gasteiger charge is 2.14. The number of carbonyl (C=O) groups excluding carboxylic acids is 1. The van der Waals surface area contributed by atoms with Crippen LogP contribution in [0.3, 0.4) is 0 Å². The first-order chi connectivity index (χ1) is 15.6. The molecule has 0 fully saturated rings. The number of hydrogen-bond acceptors (Lipinski definition) is 5. The lowest BCUT2D eigenvalue weighted by molar-refractivity contribution is -0.113. The summed E-state index contributed by atoms with van der Waals surface area (Å²) in [6, 6.07) is 24.5. The van der Waals surface area contributed by atoms with Crippen molar-refractivity contribution in [2.24, 2.45) is 0 Å². The molecule has 3 aromatic carbocycles. The maximum atomic E-state index is 12.7. The van der Waals surface area contributed by atoms with Crippen LogP contribution in [0.25, 0.3) is 0 Å². The summed E-state index contributed by atoms with van der Waals surface area (Å²) < 4.78 is 7.91. The van der Waals surface area contributed by atoms with E-state index in [2.05, 4.69) is 27.6 Å². The van der Waals surface area contributed by atoms with Crippen LogP contribution in [-0.2, 0) is 11.3 Å². The minimum Gasteiger partial charge on any atom is -0.454 e. The van der Waals surface area contributed by atoms with Crippen LogP contribution < -0.4 is 10.1 Å². The van der Waals surface area contributed by atoms with Crippen molar-refractivity contribution in [1.82, 2.24) is 14.8 Å². The molecule has 0 saturated heterocycles. The summed E-state index contributed by atoms with van der Waals surface area (Å²) in [7, 11) is 0. The quantitative estimate of drug-likeness (QED) is 0.333. The minimum atomic E-state index is -0.169. The van der Waals surface area contributed by atoms with Crippen LogP contribution in [0.1, 0.15) is 11.4 Å². The topological polar surface area (TPSA) is 69.0 Å². The van der Waals surface area contributed by atoms with Gasteiger partial charge in [-0.2, -0.15) is 0 Å². The van der Waals surface area contributed by atoms with Crippen LogP contribution in [0.5, 0.6) is 11.5 Å². The lowest BCUT2D eigenvalue weighted by Gasteiger charge is -2.13. The number of amides is 1. The van der Waals surface area contributed by atoms with Crippen molar-refractivity contribution in [3.8, 4) is 11.5 Å². The van der Waals surface area contributed by atoms with Crippen molar-refractivity contribution in [2.75, 3.05) is 11.1 Å². The number of rotatable bonds is 8. The van der Waals surface area contributed by atoms with Crippen molar-refractivity contribution >= 4 is 35.0 Å². The number of nitrogens with one attached hydrogen (secondary N) is 1. The zero-order valence-electron chi connectivity index (χ0n) is 17.4. The number of hydrogen-bond donors (Lipinski definition) is 1. The zero-order valence-corrected chi connectivity index (χ0v) is 18.9. The van der Waals surface area contributed by atoms with E-state index >= 15 is 0 Å². The number of nitrogens with zero attached hydrogens (tertiary/aromatic N) is 3. The SMILES string of the molecule is Cc1nnc(SCC(=O)Nc2ccccc2Oc2ccccc2Cl)n1Cc1ccccc1. The first kappa shape index (κ1) is 21.9. The van der Waals surface area contributed by atoms with Gasteiger partial charge < -0.3 is 14.6 Å². The lowest BCUT2D eigenvalue weighted by atomic mass is 10.2. The van der Waals surface area contributed by atoms with Crippen molar-refractivity contribution in [2.45, 2.75) is 18.6 Å². The van der Waals surface area contributed by atoms with Crippen molar-refractivity contribution in [3.63, 3.8) is 0 Å². The Bertz CT molecular complexity index is 1210. The van der Waals surface area contributed by atoms with Gasteiger partial charge in [-0.3, -0.25) is 4.79 Å². The molecule has 0 aliphatic carbocycles. The highest BCUT2D eigenvalue weighted by atomic mass is 35.5. The molecule has 162 valence electrons. The summed E-state index contributed by atoms with van der Waals surface area (Å²) in [5, 5.41) is 12.5. The van der Waals surface area contributed by atoms with Crippen molar-refractivity contribution in [1.29, 1.82) is 0 Å². The second-order valence-electron chi connectivity index (χ2n) is 6.97. The third kappa shape index (κ3) is 5.49. The highest BCUT2D eigenvalue weighted by molar-refractivity contribution is 7.99. The zero-order chi connectivity index (χ0) is 22.3. The molecule has 4 rings (SSSR count). The fraction of sp³-hybridized carbons (Fsp3) is 0.125. The molecule has 6 nitrogen and oxygen atoms in total. The number of aryl methyl sites for hydroxylation is 1. The van der Waals surface area contributed by atoms with E-state index in [1.54, 1.807) is 24.3 Å². The Balaban J connectivity index is 1.41. The molecule has 0 aliphatic heterocycles. The molecule has 0 radical (unpaired) electrons. The van der Waals surface area contributed by atoms with Gasteiger partial charge in [0.05, 0.1) is 23.0 Å². The summed E-state index contributed by atoms with van der Waals surface area (Å²) in [5.41, 5.74) is 1.72. The number of thioether (sulfide) groups is 1. The minimum absolute atomic E-state index is 0.169. The Morgan fingerprint density at radius 2 is 1.66 bits per heavy atom.